The van der Waals surface area contributed by atoms with Gasteiger partial charge in [0.15, 0.2) is 0 Å². The Balaban J connectivity index is 1.45. The summed E-state index contributed by atoms with van der Waals surface area (Å²) in [6.45, 7) is 2.61. The van der Waals surface area contributed by atoms with Gasteiger partial charge in [0, 0.05) is 25.9 Å². The molecule has 1 aromatic carbocycles. The van der Waals surface area contributed by atoms with E-state index < -0.39 is 17.2 Å². The number of imide groups is 1. The second kappa shape index (κ2) is 9.27. The number of rotatable bonds is 5. The van der Waals surface area contributed by atoms with E-state index in [1.54, 1.807) is 37.3 Å². The zero-order valence-corrected chi connectivity index (χ0v) is 17.9. The van der Waals surface area contributed by atoms with E-state index in [1.165, 1.54) is 11.2 Å². The third kappa shape index (κ3) is 4.99. The van der Waals surface area contributed by atoms with Crippen molar-refractivity contribution < 1.29 is 29.0 Å². The number of carbonyl (C=O) groups excluding carboxylic acids is 2. The average molecular weight is 456 g/mol. The molecule has 1 aromatic heterocycles. The van der Waals surface area contributed by atoms with Crippen molar-refractivity contribution in [3.8, 4) is 17.5 Å². The van der Waals surface area contributed by atoms with Crippen LogP contribution in [0, 0.1) is 6.92 Å². The Labute approximate surface area is 187 Å². The van der Waals surface area contributed by atoms with E-state index in [0.29, 0.717) is 59.5 Å². The van der Waals surface area contributed by atoms with Crippen LogP contribution in [0.1, 0.15) is 24.0 Å². The summed E-state index contributed by atoms with van der Waals surface area (Å²) in [5.41, 5.74) is 1.32. The fourth-order valence-corrected chi connectivity index (χ4v) is 4.00. The van der Waals surface area contributed by atoms with E-state index in [2.05, 4.69) is 15.3 Å². The fraction of sp³-hybridized carbons (Fsp3) is 0.286. The number of benzene rings is 1. The standard InChI is InChI=1S/C21H20N4O6S/c1-12-18(30-14-5-7-25(8-6-14)21(28)29)22-11-23-19(12)31-15-4-2-3-13(9-15)10-16-17(26)24-20(27)32-16/h2-4,9-11,14H,5-8H2,1H3,(H,28,29)(H,24,26,27). The number of hydrogen-bond acceptors (Lipinski definition) is 8. The first-order valence-electron chi connectivity index (χ1n) is 9.88. The van der Waals surface area contributed by atoms with E-state index >= 15 is 0 Å². The smallest absolute Gasteiger partial charge is 0.407 e. The molecule has 166 valence electrons. The first kappa shape index (κ1) is 21.6. The first-order valence-corrected chi connectivity index (χ1v) is 10.7. The maximum absolute atomic E-state index is 11.7. The lowest BCUT2D eigenvalue weighted by molar-refractivity contribution is -0.115. The molecule has 0 radical (unpaired) electrons. The quantitative estimate of drug-likeness (QED) is 0.650. The molecule has 4 rings (SSSR count). The van der Waals surface area contributed by atoms with Gasteiger partial charge in [0.25, 0.3) is 11.1 Å². The minimum Gasteiger partial charge on any atom is -0.474 e. The van der Waals surface area contributed by atoms with Crippen LogP contribution in [-0.4, -0.2) is 56.4 Å². The summed E-state index contributed by atoms with van der Waals surface area (Å²) in [6.07, 6.45) is 3.06. The Morgan fingerprint density at radius 2 is 2.00 bits per heavy atom. The van der Waals surface area contributed by atoms with Gasteiger partial charge in [-0.05, 0) is 42.5 Å². The van der Waals surface area contributed by atoms with Crippen molar-refractivity contribution in [3.05, 3.63) is 46.6 Å². The van der Waals surface area contributed by atoms with Crippen molar-refractivity contribution in [3.63, 3.8) is 0 Å². The molecule has 2 fully saturated rings. The molecule has 32 heavy (non-hydrogen) atoms. The fourth-order valence-electron chi connectivity index (χ4n) is 3.32. The lowest BCUT2D eigenvalue weighted by atomic mass is 10.1. The Bertz CT molecular complexity index is 1100. The summed E-state index contributed by atoms with van der Waals surface area (Å²) in [4.78, 5) is 44.2. The first-order chi connectivity index (χ1) is 15.4. The molecule has 2 saturated heterocycles. The predicted molar refractivity (Wildman–Crippen MR) is 116 cm³/mol. The van der Waals surface area contributed by atoms with Crippen molar-refractivity contribution in [1.29, 1.82) is 0 Å². The minimum absolute atomic E-state index is 0.139. The molecule has 2 aliphatic heterocycles. The average Bonchev–Trinajstić information content (AvgIpc) is 3.08. The molecule has 2 aromatic rings. The van der Waals surface area contributed by atoms with Gasteiger partial charge in [-0.3, -0.25) is 14.9 Å². The number of piperidine rings is 1. The molecule has 10 nitrogen and oxygen atoms in total. The van der Waals surface area contributed by atoms with Gasteiger partial charge in [0.1, 0.15) is 18.2 Å². The van der Waals surface area contributed by atoms with E-state index in [-0.39, 0.29) is 6.10 Å². The van der Waals surface area contributed by atoms with Gasteiger partial charge in [0.05, 0.1) is 10.5 Å². The summed E-state index contributed by atoms with van der Waals surface area (Å²) in [5, 5.41) is 10.9. The molecule has 0 saturated carbocycles. The summed E-state index contributed by atoms with van der Waals surface area (Å²) < 4.78 is 11.9. The molecule has 0 bridgehead atoms. The van der Waals surface area contributed by atoms with E-state index in [9.17, 15) is 14.4 Å². The normalized spacial score (nSPS) is 18.0. The van der Waals surface area contributed by atoms with Crippen molar-refractivity contribution in [2.75, 3.05) is 13.1 Å². The Morgan fingerprint density at radius 3 is 2.69 bits per heavy atom. The second-order valence-corrected chi connectivity index (χ2v) is 8.24. The molecular weight excluding hydrogens is 436 g/mol. The van der Waals surface area contributed by atoms with Crippen LogP contribution in [0.3, 0.4) is 0 Å². The van der Waals surface area contributed by atoms with Crippen LogP contribution < -0.4 is 14.8 Å². The Kier molecular flexibility index (Phi) is 6.26. The van der Waals surface area contributed by atoms with E-state index in [1.807, 2.05) is 0 Å². The summed E-state index contributed by atoms with van der Waals surface area (Å²) >= 11 is 0.849. The number of nitrogens with zero attached hydrogens (tertiary/aromatic N) is 3. The summed E-state index contributed by atoms with van der Waals surface area (Å²) in [7, 11) is 0. The van der Waals surface area contributed by atoms with E-state index in [4.69, 9.17) is 14.6 Å². The molecule has 3 heterocycles. The van der Waals surface area contributed by atoms with E-state index in [0.717, 1.165) is 11.8 Å². The topological polar surface area (TPSA) is 131 Å². The number of carboxylic acid groups (broad SMARTS) is 1. The number of aromatic nitrogens is 2. The van der Waals surface area contributed by atoms with Gasteiger partial charge in [-0.1, -0.05) is 12.1 Å². The Hall–Kier alpha value is -3.60. The van der Waals surface area contributed by atoms with Gasteiger partial charge >= 0.3 is 6.09 Å². The highest BCUT2D eigenvalue weighted by atomic mass is 32.2. The molecule has 2 N–H and O–H groups in total. The number of carbonyl (C=O) groups is 3. The predicted octanol–water partition coefficient (Wildman–Crippen LogP) is 3.42. The van der Waals surface area contributed by atoms with Crippen molar-refractivity contribution >= 4 is 35.1 Å². The number of amides is 3. The van der Waals surface area contributed by atoms with Gasteiger partial charge in [-0.15, -0.1) is 0 Å². The zero-order chi connectivity index (χ0) is 22.7. The van der Waals surface area contributed by atoms with Gasteiger partial charge in [0.2, 0.25) is 11.8 Å². The Morgan fingerprint density at radius 1 is 1.25 bits per heavy atom. The highest BCUT2D eigenvalue weighted by Crippen LogP contribution is 2.31. The molecular formula is C21H20N4O6S. The number of hydrogen-bond donors (Lipinski definition) is 2. The SMILES string of the molecule is Cc1c(Oc2cccc(C=C3SC(=O)NC3=O)c2)ncnc1OC1CCN(C(=O)O)CC1. The zero-order valence-electron chi connectivity index (χ0n) is 17.1. The second-order valence-electron chi connectivity index (χ2n) is 7.22. The van der Waals surface area contributed by atoms with Gasteiger partial charge in [-0.2, -0.15) is 0 Å². The van der Waals surface area contributed by atoms with Crippen LogP contribution in [0.25, 0.3) is 6.08 Å². The number of likely N-dealkylation sites (tertiary alicyclic amines) is 1. The van der Waals surface area contributed by atoms with Crippen molar-refractivity contribution in [2.24, 2.45) is 0 Å². The number of nitrogens with one attached hydrogen (secondary N) is 1. The summed E-state index contributed by atoms with van der Waals surface area (Å²) in [6, 6.07) is 7.04. The van der Waals surface area contributed by atoms with Crippen LogP contribution in [0.4, 0.5) is 9.59 Å². The number of thioether (sulfide) groups is 1. The minimum atomic E-state index is -0.922. The van der Waals surface area contributed by atoms with Crippen LogP contribution in [0.2, 0.25) is 0 Å². The van der Waals surface area contributed by atoms with Gasteiger partial charge < -0.3 is 19.5 Å². The summed E-state index contributed by atoms with van der Waals surface area (Å²) in [5.74, 6) is 0.788. The highest BCUT2D eigenvalue weighted by Gasteiger charge is 2.26. The third-order valence-corrected chi connectivity index (χ3v) is 5.81. The molecule has 0 atom stereocenters. The monoisotopic (exact) mass is 456 g/mol. The largest absolute Gasteiger partial charge is 0.474 e. The van der Waals surface area contributed by atoms with Crippen molar-refractivity contribution in [1.82, 2.24) is 20.2 Å². The van der Waals surface area contributed by atoms with Crippen molar-refractivity contribution in [2.45, 2.75) is 25.9 Å². The van der Waals surface area contributed by atoms with Crippen LogP contribution in [0.5, 0.6) is 17.5 Å². The third-order valence-electron chi connectivity index (χ3n) is 4.99. The maximum atomic E-state index is 11.7. The highest BCUT2D eigenvalue weighted by molar-refractivity contribution is 8.18. The van der Waals surface area contributed by atoms with Crippen LogP contribution >= 0.6 is 11.8 Å². The van der Waals surface area contributed by atoms with Gasteiger partial charge in [-0.25, -0.2) is 14.8 Å². The van der Waals surface area contributed by atoms with Crippen LogP contribution in [-0.2, 0) is 4.79 Å². The lowest BCUT2D eigenvalue weighted by Crippen LogP contribution is -2.41. The number of ether oxygens (including phenoxy) is 2. The molecule has 0 aliphatic carbocycles. The molecule has 0 unspecified atom stereocenters. The molecule has 2 aliphatic rings. The lowest BCUT2D eigenvalue weighted by Gasteiger charge is -2.30. The molecule has 3 amide bonds. The van der Waals surface area contributed by atoms with Crippen LogP contribution in [0.15, 0.2) is 35.5 Å². The maximum Gasteiger partial charge on any atom is 0.407 e. The molecule has 11 heteroatoms. The molecule has 0 spiro atoms.